The zero-order valence-corrected chi connectivity index (χ0v) is 15.2. The Bertz CT molecular complexity index is 522. The first-order chi connectivity index (χ1) is 10.1. The molecular formula is C18H24BrNS. The minimum atomic E-state index is 0.549. The van der Waals surface area contributed by atoms with Gasteiger partial charge in [-0.25, -0.2) is 0 Å². The number of hydrogen-bond acceptors (Lipinski definition) is 2. The molecule has 1 atom stereocenters. The molecule has 0 fully saturated rings. The van der Waals surface area contributed by atoms with Crippen molar-refractivity contribution < 1.29 is 0 Å². The van der Waals surface area contributed by atoms with Crippen LogP contribution in [0.5, 0.6) is 0 Å². The van der Waals surface area contributed by atoms with Gasteiger partial charge in [0.05, 0.1) is 0 Å². The second-order valence-electron chi connectivity index (χ2n) is 5.89. The van der Waals surface area contributed by atoms with Gasteiger partial charge < -0.3 is 5.32 Å². The monoisotopic (exact) mass is 365 g/mol. The molecule has 0 bridgehead atoms. The van der Waals surface area contributed by atoms with Crippen molar-refractivity contribution in [3.63, 3.8) is 0 Å². The van der Waals surface area contributed by atoms with E-state index in [1.807, 2.05) is 0 Å². The third kappa shape index (κ3) is 5.93. The van der Waals surface area contributed by atoms with Gasteiger partial charge in [-0.15, -0.1) is 0 Å². The Kier molecular flexibility index (Phi) is 6.94. The van der Waals surface area contributed by atoms with Gasteiger partial charge in [0.15, 0.2) is 0 Å². The number of benzene rings is 1. The number of aryl methyl sites for hydroxylation is 1. The molecule has 0 spiro atoms. The van der Waals surface area contributed by atoms with E-state index in [9.17, 15) is 0 Å². The van der Waals surface area contributed by atoms with Crippen LogP contribution in [-0.2, 0) is 12.8 Å². The van der Waals surface area contributed by atoms with Crippen LogP contribution in [0.2, 0.25) is 0 Å². The number of rotatable bonds is 8. The molecule has 21 heavy (non-hydrogen) atoms. The molecule has 0 aliphatic heterocycles. The highest BCUT2D eigenvalue weighted by atomic mass is 79.9. The van der Waals surface area contributed by atoms with Crippen molar-refractivity contribution in [3.8, 4) is 0 Å². The predicted molar refractivity (Wildman–Crippen MR) is 97.1 cm³/mol. The summed E-state index contributed by atoms with van der Waals surface area (Å²) in [5.41, 5.74) is 2.89. The molecule has 1 nitrogen and oxygen atoms in total. The molecule has 3 heteroatoms. The lowest BCUT2D eigenvalue weighted by Gasteiger charge is -2.20. The minimum absolute atomic E-state index is 0.549. The zero-order valence-electron chi connectivity index (χ0n) is 12.8. The molecule has 1 N–H and O–H groups in total. The van der Waals surface area contributed by atoms with Crippen molar-refractivity contribution in [1.82, 2.24) is 5.32 Å². The van der Waals surface area contributed by atoms with E-state index in [0.29, 0.717) is 12.0 Å². The van der Waals surface area contributed by atoms with Gasteiger partial charge in [0.2, 0.25) is 0 Å². The first-order valence-electron chi connectivity index (χ1n) is 7.63. The summed E-state index contributed by atoms with van der Waals surface area (Å²) in [5, 5.41) is 8.04. The van der Waals surface area contributed by atoms with Gasteiger partial charge >= 0.3 is 0 Å². The average Bonchev–Trinajstić information content (AvgIpc) is 2.97. The average molecular weight is 366 g/mol. The Labute approximate surface area is 140 Å². The fraction of sp³-hybridized carbons (Fsp3) is 0.444. The molecule has 0 amide bonds. The van der Waals surface area contributed by atoms with Gasteiger partial charge in [0.1, 0.15) is 0 Å². The molecule has 2 rings (SSSR count). The van der Waals surface area contributed by atoms with Crippen LogP contribution >= 0.6 is 27.3 Å². The molecule has 1 aromatic heterocycles. The van der Waals surface area contributed by atoms with Gasteiger partial charge in [-0.1, -0.05) is 48.0 Å². The summed E-state index contributed by atoms with van der Waals surface area (Å²) in [7, 11) is 0. The van der Waals surface area contributed by atoms with Crippen molar-refractivity contribution in [3.05, 3.63) is 56.7 Å². The third-order valence-electron chi connectivity index (χ3n) is 3.70. The zero-order chi connectivity index (χ0) is 15.1. The van der Waals surface area contributed by atoms with Crippen LogP contribution in [0.25, 0.3) is 0 Å². The molecule has 0 radical (unpaired) electrons. The summed E-state index contributed by atoms with van der Waals surface area (Å²) in [5.74, 6) is 0.672. The van der Waals surface area contributed by atoms with E-state index in [-0.39, 0.29) is 0 Å². The van der Waals surface area contributed by atoms with E-state index < -0.39 is 0 Å². The quantitative estimate of drug-likeness (QED) is 0.668. The van der Waals surface area contributed by atoms with Crippen molar-refractivity contribution in [1.29, 1.82) is 0 Å². The van der Waals surface area contributed by atoms with Crippen LogP contribution in [0.3, 0.4) is 0 Å². The van der Waals surface area contributed by atoms with E-state index in [0.717, 1.165) is 13.0 Å². The summed E-state index contributed by atoms with van der Waals surface area (Å²) in [6.07, 6.45) is 3.54. The lowest BCUT2D eigenvalue weighted by molar-refractivity contribution is 0.422. The van der Waals surface area contributed by atoms with Gasteiger partial charge in [-0.2, -0.15) is 11.3 Å². The first-order valence-corrected chi connectivity index (χ1v) is 9.36. The van der Waals surface area contributed by atoms with E-state index in [1.54, 1.807) is 11.3 Å². The fourth-order valence-corrected chi connectivity index (χ4v) is 3.61. The summed E-state index contributed by atoms with van der Waals surface area (Å²) < 4.78 is 1.23. The first kappa shape index (κ1) is 16.7. The lowest BCUT2D eigenvalue weighted by Crippen LogP contribution is -2.30. The molecule has 2 aromatic rings. The van der Waals surface area contributed by atoms with Crippen molar-refractivity contribution in [2.24, 2.45) is 5.92 Å². The molecule has 0 aliphatic rings. The number of nitrogens with one attached hydrogen (secondary N) is 1. The standard InChI is InChI=1S/C18H24BrNS/c1-14(2)20-12-16(8-7-15-9-10-21-13-15)11-17-5-3-4-6-18(17)19/h3-6,9-10,13-14,16,20H,7-8,11-12H2,1-2H3. The third-order valence-corrected chi connectivity index (χ3v) is 5.21. The molecule has 0 saturated heterocycles. The van der Waals surface area contributed by atoms with E-state index >= 15 is 0 Å². The summed E-state index contributed by atoms with van der Waals surface area (Å²) in [6, 6.07) is 11.4. The Hall–Kier alpha value is -0.640. The smallest absolute Gasteiger partial charge is 0.0207 e. The van der Waals surface area contributed by atoms with E-state index in [2.05, 4.69) is 76.2 Å². The van der Waals surface area contributed by atoms with Crippen LogP contribution in [0.1, 0.15) is 31.4 Å². The molecule has 0 aliphatic carbocycles. The lowest BCUT2D eigenvalue weighted by atomic mass is 9.93. The maximum absolute atomic E-state index is 3.68. The van der Waals surface area contributed by atoms with Crippen molar-refractivity contribution in [2.75, 3.05) is 6.54 Å². The molecule has 1 unspecified atom stereocenters. The Morgan fingerprint density at radius 3 is 2.67 bits per heavy atom. The Balaban J connectivity index is 1.95. The predicted octanol–water partition coefficient (Wildman–Crippen LogP) is 5.30. The van der Waals surface area contributed by atoms with Crippen molar-refractivity contribution in [2.45, 2.75) is 39.2 Å². The summed E-state index contributed by atoms with van der Waals surface area (Å²) in [6.45, 7) is 5.52. The highest BCUT2D eigenvalue weighted by Crippen LogP contribution is 2.22. The Morgan fingerprint density at radius 2 is 2.00 bits per heavy atom. The van der Waals surface area contributed by atoms with Gasteiger partial charge in [0.25, 0.3) is 0 Å². The number of thiophene rings is 1. The second kappa shape index (κ2) is 8.72. The maximum Gasteiger partial charge on any atom is 0.0207 e. The van der Waals surface area contributed by atoms with Gasteiger partial charge in [-0.3, -0.25) is 0 Å². The molecular weight excluding hydrogens is 342 g/mol. The normalized spacial score (nSPS) is 12.8. The van der Waals surface area contributed by atoms with Crippen LogP contribution in [-0.4, -0.2) is 12.6 Å². The molecule has 1 aromatic carbocycles. The number of halogens is 1. The summed E-state index contributed by atoms with van der Waals surface area (Å²) in [4.78, 5) is 0. The van der Waals surface area contributed by atoms with Crippen molar-refractivity contribution >= 4 is 27.3 Å². The SMILES string of the molecule is CC(C)NCC(CCc1ccsc1)Cc1ccccc1Br. The second-order valence-corrected chi connectivity index (χ2v) is 7.53. The van der Waals surface area contributed by atoms with E-state index in [4.69, 9.17) is 0 Å². The minimum Gasteiger partial charge on any atom is -0.314 e. The van der Waals surface area contributed by atoms with Crippen LogP contribution in [0.4, 0.5) is 0 Å². The maximum atomic E-state index is 3.68. The molecule has 0 saturated carbocycles. The number of hydrogen-bond donors (Lipinski definition) is 1. The van der Waals surface area contributed by atoms with Gasteiger partial charge in [0, 0.05) is 10.5 Å². The largest absolute Gasteiger partial charge is 0.314 e. The van der Waals surface area contributed by atoms with E-state index in [1.165, 1.54) is 28.4 Å². The van der Waals surface area contributed by atoms with Gasteiger partial charge in [-0.05, 0) is 65.7 Å². The summed E-state index contributed by atoms with van der Waals surface area (Å²) >= 11 is 5.47. The van der Waals surface area contributed by atoms with Crippen LogP contribution < -0.4 is 5.32 Å². The van der Waals surface area contributed by atoms with Crippen LogP contribution in [0.15, 0.2) is 45.6 Å². The molecule has 114 valence electrons. The van der Waals surface area contributed by atoms with Crippen LogP contribution in [0, 0.1) is 5.92 Å². The fourth-order valence-electron chi connectivity index (χ4n) is 2.46. The highest BCUT2D eigenvalue weighted by molar-refractivity contribution is 9.10. The Morgan fingerprint density at radius 1 is 1.19 bits per heavy atom. The highest BCUT2D eigenvalue weighted by Gasteiger charge is 2.12. The topological polar surface area (TPSA) is 12.0 Å². The molecule has 1 heterocycles.